The molecule has 0 aromatic rings. The molecule has 0 N–H and O–H groups in total. The molecular formula is C12H28OSi. The first-order chi connectivity index (χ1) is 7.46. The molecule has 1 nitrogen and oxygen atoms in total. The molecule has 2 heteroatoms. The molecule has 0 bridgehead atoms. The van der Waals surface area contributed by atoms with E-state index in [0.29, 0.717) is 6.42 Å². The van der Waals surface area contributed by atoms with Crippen LogP contribution in [0.25, 0.3) is 0 Å². The average molecular weight is 219 g/mol. The third-order valence-corrected chi connectivity index (χ3v) is 7.63. The summed E-state index contributed by atoms with van der Waals surface area (Å²) in [5.41, 5.74) is 0. The summed E-state index contributed by atoms with van der Waals surface area (Å²) in [7, 11) is -1.61. The molecule has 86 valence electrons. The Labute approximate surface area is 95.6 Å². The van der Waals surface area contributed by atoms with Crippen LogP contribution in [0.1, 0.15) is 57.4 Å². The first kappa shape index (κ1) is 9.41. The molecule has 0 saturated carbocycles. The minimum absolute atomic E-state index is 0.256. The largest absolute Gasteiger partial charge is 0.417 e. The van der Waals surface area contributed by atoms with Crippen molar-refractivity contribution in [3.63, 3.8) is 0 Å². The molecule has 0 fully saturated rings. The molecule has 0 unspecified atom stereocenters. The summed E-state index contributed by atoms with van der Waals surface area (Å²) < 4.78 is 27.3. The maximum atomic E-state index is 7.10. The predicted molar refractivity (Wildman–Crippen MR) is 67.3 cm³/mol. The Kier molecular flexibility index (Phi) is 3.97. The minimum Gasteiger partial charge on any atom is -0.417 e. The Balaban J connectivity index is 3.66. The third kappa shape index (κ3) is 5.16. The van der Waals surface area contributed by atoms with E-state index in [-0.39, 0.29) is 5.04 Å². The monoisotopic (exact) mass is 219 g/mol. The van der Waals surface area contributed by atoms with Crippen molar-refractivity contribution in [3.05, 3.63) is 0 Å². The lowest BCUT2D eigenvalue weighted by Crippen LogP contribution is -2.40. The summed E-state index contributed by atoms with van der Waals surface area (Å²) >= 11 is 0. The van der Waals surface area contributed by atoms with E-state index >= 15 is 0 Å². The van der Waals surface area contributed by atoms with Crippen molar-refractivity contribution in [3.8, 4) is 0 Å². The molecule has 0 rings (SSSR count). The SMILES string of the molecule is [2H]C([2H])([2H])CCCCCO[Si](C)(C)C(C)(C)C. The van der Waals surface area contributed by atoms with Gasteiger partial charge in [-0.25, -0.2) is 0 Å². The van der Waals surface area contributed by atoms with Crippen LogP contribution in [-0.2, 0) is 4.43 Å². The summed E-state index contributed by atoms with van der Waals surface area (Å²) in [4.78, 5) is 0. The van der Waals surface area contributed by atoms with Crippen LogP contribution in [0, 0.1) is 0 Å². The minimum atomic E-state index is -1.76. The van der Waals surface area contributed by atoms with Crippen molar-refractivity contribution < 1.29 is 8.54 Å². The van der Waals surface area contributed by atoms with Crippen LogP contribution in [0.4, 0.5) is 0 Å². The zero-order valence-electron chi connectivity index (χ0n) is 13.4. The van der Waals surface area contributed by atoms with Gasteiger partial charge in [0.2, 0.25) is 0 Å². The highest BCUT2D eigenvalue weighted by Crippen LogP contribution is 2.36. The van der Waals surface area contributed by atoms with Gasteiger partial charge >= 0.3 is 0 Å². The highest BCUT2D eigenvalue weighted by molar-refractivity contribution is 6.74. The van der Waals surface area contributed by atoms with Crippen LogP contribution in [0.2, 0.25) is 18.1 Å². The second kappa shape index (κ2) is 5.91. The average Bonchev–Trinajstić information content (AvgIpc) is 2.07. The summed E-state index contributed by atoms with van der Waals surface area (Å²) in [6.07, 6.45) is 3.03. The fourth-order valence-electron chi connectivity index (χ4n) is 0.948. The van der Waals surface area contributed by atoms with Crippen LogP contribution in [-0.4, -0.2) is 14.9 Å². The van der Waals surface area contributed by atoms with E-state index in [4.69, 9.17) is 8.54 Å². The zero-order chi connectivity index (χ0) is 13.7. The maximum Gasteiger partial charge on any atom is 0.191 e. The predicted octanol–water partition coefficient (Wildman–Crippen LogP) is 4.59. The van der Waals surface area contributed by atoms with Crippen LogP contribution in [0.5, 0.6) is 0 Å². The lowest BCUT2D eigenvalue weighted by molar-refractivity contribution is 0.278. The van der Waals surface area contributed by atoms with E-state index in [1.165, 1.54) is 0 Å². The van der Waals surface area contributed by atoms with Gasteiger partial charge in [0.25, 0.3) is 0 Å². The van der Waals surface area contributed by atoms with Gasteiger partial charge in [0.15, 0.2) is 8.32 Å². The van der Waals surface area contributed by atoms with E-state index in [2.05, 4.69) is 33.9 Å². The standard InChI is InChI=1S/C12H28OSi/c1-7-8-9-10-11-13-14(5,6)12(2,3)4/h7-11H2,1-6H3/i1D3. The van der Waals surface area contributed by atoms with Gasteiger partial charge in [0.1, 0.15) is 0 Å². The van der Waals surface area contributed by atoms with Gasteiger partial charge < -0.3 is 4.43 Å². The fourth-order valence-corrected chi connectivity index (χ4v) is 2.04. The summed E-state index contributed by atoms with van der Waals surface area (Å²) in [5.74, 6) is 0. The van der Waals surface area contributed by atoms with Gasteiger partial charge in [0.05, 0.1) is 0 Å². The number of hydrogen-bond acceptors (Lipinski definition) is 1. The summed E-state index contributed by atoms with van der Waals surface area (Å²) in [6.45, 7) is 10.2. The van der Waals surface area contributed by atoms with Crippen molar-refractivity contribution >= 4 is 8.32 Å². The van der Waals surface area contributed by atoms with Crippen molar-refractivity contribution in [1.29, 1.82) is 0 Å². The van der Waals surface area contributed by atoms with Gasteiger partial charge in [0, 0.05) is 10.7 Å². The lowest BCUT2D eigenvalue weighted by atomic mass is 10.2. The van der Waals surface area contributed by atoms with Crippen molar-refractivity contribution in [2.75, 3.05) is 6.61 Å². The second-order valence-corrected chi connectivity index (χ2v) is 10.2. The third-order valence-electron chi connectivity index (χ3n) is 3.09. The molecule has 14 heavy (non-hydrogen) atoms. The van der Waals surface area contributed by atoms with E-state index in [9.17, 15) is 0 Å². The number of rotatable bonds is 6. The van der Waals surface area contributed by atoms with Crippen LogP contribution in [0.15, 0.2) is 0 Å². The molecule has 0 atom stereocenters. The van der Waals surface area contributed by atoms with Crippen molar-refractivity contribution in [2.24, 2.45) is 0 Å². The smallest absolute Gasteiger partial charge is 0.191 e. The van der Waals surface area contributed by atoms with Crippen LogP contribution < -0.4 is 0 Å². The van der Waals surface area contributed by atoms with Crippen LogP contribution in [0.3, 0.4) is 0 Å². The molecule has 0 aromatic carbocycles. The van der Waals surface area contributed by atoms with Gasteiger partial charge in [-0.1, -0.05) is 46.9 Å². The van der Waals surface area contributed by atoms with Gasteiger partial charge in [-0.3, -0.25) is 0 Å². The van der Waals surface area contributed by atoms with E-state index in [1.54, 1.807) is 0 Å². The van der Waals surface area contributed by atoms with Gasteiger partial charge in [-0.05, 0) is 24.6 Å². The Morgan fingerprint density at radius 1 is 1.14 bits per heavy atom. The highest BCUT2D eigenvalue weighted by atomic mass is 28.4. The molecule has 0 radical (unpaired) electrons. The lowest BCUT2D eigenvalue weighted by Gasteiger charge is -2.36. The summed E-state index contributed by atoms with van der Waals surface area (Å²) in [5, 5.41) is 0.256. The normalized spacial score (nSPS) is 17.4. The van der Waals surface area contributed by atoms with Crippen molar-refractivity contribution in [1.82, 2.24) is 0 Å². The maximum absolute atomic E-state index is 7.10. The molecule has 0 heterocycles. The number of unbranched alkanes of at least 4 members (excludes halogenated alkanes) is 2. The molecule has 0 saturated heterocycles. The highest BCUT2D eigenvalue weighted by Gasteiger charge is 2.36. The van der Waals surface area contributed by atoms with E-state index in [0.717, 1.165) is 25.9 Å². The molecule has 0 amide bonds. The molecule has 0 spiro atoms. The quantitative estimate of drug-likeness (QED) is 0.469. The molecular weight excluding hydrogens is 188 g/mol. The van der Waals surface area contributed by atoms with Gasteiger partial charge in [-0.15, -0.1) is 0 Å². The fraction of sp³-hybridized carbons (Fsp3) is 1.00. The van der Waals surface area contributed by atoms with Crippen molar-refractivity contribution in [2.45, 2.75) is 71.4 Å². The Bertz CT molecular complexity index is 219. The number of hydrogen-bond donors (Lipinski definition) is 0. The van der Waals surface area contributed by atoms with Gasteiger partial charge in [-0.2, -0.15) is 0 Å². The molecule has 0 aromatic heterocycles. The zero-order valence-corrected chi connectivity index (χ0v) is 11.4. The molecule has 0 aliphatic heterocycles. The topological polar surface area (TPSA) is 9.23 Å². The van der Waals surface area contributed by atoms with E-state index < -0.39 is 15.2 Å². The van der Waals surface area contributed by atoms with E-state index in [1.807, 2.05) is 0 Å². The first-order valence-electron chi connectivity index (χ1n) is 7.10. The van der Waals surface area contributed by atoms with Crippen LogP contribution >= 0.6 is 0 Å². The Morgan fingerprint density at radius 3 is 2.29 bits per heavy atom. The molecule has 0 aliphatic rings. The molecule has 0 aliphatic carbocycles. The Morgan fingerprint density at radius 2 is 1.79 bits per heavy atom. The second-order valence-electron chi connectivity index (χ2n) is 5.42. The Hall–Kier alpha value is 0.177. The summed E-state index contributed by atoms with van der Waals surface area (Å²) in [6, 6.07) is 0. The first-order valence-corrected chi connectivity index (χ1v) is 8.50.